The van der Waals surface area contributed by atoms with Crippen molar-refractivity contribution in [1.82, 2.24) is 0 Å². The van der Waals surface area contributed by atoms with Crippen LogP contribution in [0.25, 0.3) is 5.57 Å². The van der Waals surface area contributed by atoms with Crippen LogP contribution in [-0.4, -0.2) is 18.2 Å². The molecule has 4 heteroatoms. The molecule has 13 heavy (non-hydrogen) atoms. The number of carboxylic acid groups (broad SMARTS) is 1. The van der Waals surface area contributed by atoms with Gasteiger partial charge in [-0.05, 0) is 12.1 Å². The fraction of sp³-hybridized carbons (Fsp3) is 0.222. The van der Waals surface area contributed by atoms with E-state index >= 15 is 0 Å². The van der Waals surface area contributed by atoms with E-state index in [0.717, 1.165) is 0 Å². The van der Waals surface area contributed by atoms with Gasteiger partial charge in [0.2, 0.25) is 0 Å². The lowest BCUT2D eigenvalue weighted by molar-refractivity contribution is -0.130. The molecule has 0 saturated heterocycles. The number of methoxy groups -OCH3 is 1. The summed E-state index contributed by atoms with van der Waals surface area (Å²) in [5, 5.41) is 8.58. The Morgan fingerprint density at radius 3 is 2.92 bits per heavy atom. The van der Waals surface area contributed by atoms with Crippen molar-refractivity contribution in [2.45, 2.75) is 6.61 Å². The van der Waals surface area contributed by atoms with Gasteiger partial charge in [-0.3, -0.25) is 0 Å². The Morgan fingerprint density at radius 1 is 1.69 bits per heavy atom. The van der Waals surface area contributed by atoms with E-state index in [-0.39, 0.29) is 11.3 Å². The van der Waals surface area contributed by atoms with Gasteiger partial charge in [0, 0.05) is 7.11 Å². The molecule has 1 rings (SSSR count). The summed E-state index contributed by atoms with van der Waals surface area (Å²) in [5.74, 6) is -0.238. The van der Waals surface area contributed by atoms with E-state index in [1.54, 1.807) is 12.1 Å². The largest absolute Gasteiger partial charge is 0.478 e. The zero-order valence-electron chi connectivity index (χ0n) is 7.24. The summed E-state index contributed by atoms with van der Waals surface area (Å²) in [6, 6.07) is 3.22. The second-order valence-corrected chi connectivity index (χ2v) is 2.48. The molecule has 1 aromatic heterocycles. The van der Waals surface area contributed by atoms with Gasteiger partial charge in [-0.15, -0.1) is 0 Å². The lowest BCUT2D eigenvalue weighted by Crippen LogP contribution is -1.96. The van der Waals surface area contributed by atoms with Crippen LogP contribution in [0, 0.1) is 0 Å². The van der Waals surface area contributed by atoms with Crippen molar-refractivity contribution in [2.75, 3.05) is 7.11 Å². The maximum absolute atomic E-state index is 10.5. The lowest BCUT2D eigenvalue weighted by Gasteiger charge is -1.95. The van der Waals surface area contributed by atoms with Crippen molar-refractivity contribution >= 4 is 11.5 Å². The molecule has 0 aliphatic carbocycles. The van der Waals surface area contributed by atoms with Gasteiger partial charge < -0.3 is 14.3 Å². The van der Waals surface area contributed by atoms with Crippen molar-refractivity contribution in [2.24, 2.45) is 0 Å². The minimum Gasteiger partial charge on any atom is -0.478 e. The summed E-state index contributed by atoms with van der Waals surface area (Å²) in [7, 11) is 1.54. The molecule has 0 saturated carbocycles. The first-order chi connectivity index (χ1) is 6.15. The standard InChI is InChI=1S/C9H10O4/c1-6(9(10)11)8-4-3-7(13-8)5-12-2/h3-4H,1,5H2,2H3,(H,10,11). The first kappa shape index (κ1) is 9.54. The van der Waals surface area contributed by atoms with Gasteiger partial charge in [-0.2, -0.15) is 0 Å². The van der Waals surface area contributed by atoms with Crippen LogP contribution in [-0.2, 0) is 16.1 Å². The van der Waals surface area contributed by atoms with E-state index in [2.05, 4.69) is 6.58 Å². The third-order valence-electron chi connectivity index (χ3n) is 1.50. The Bertz CT molecular complexity index is 324. The number of furan rings is 1. The molecule has 1 heterocycles. The predicted molar refractivity (Wildman–Crippen MR) is 46.1 cm³/mol. The Morgan fingerprint density at radius 2 is 2.38 bits per heavy atom. The molecule has 0 unspecified atom stereocenters. The highest BCUT2D eigenvalue weighted by Gasteiger charge is 2.11. The van der Waals surface area contributed by atoms with Crippen LogP contribution in [0.3, 0.4) is 0 Å². The zero-order chi connectivity index (χ0) is 9.84. The van der Waals surface area contributed by atoms with Crippen molar-refractivity contribution < 1.29 is 19.1 Å². The second-order valence-electron chi connectivity index (χ2n) is 2.48. The molecule has 0 atom stereocenters. The summed E-state index contributed by atoms with van der Waals surface area (Å²) in [4.78, 5) is 10.5. The molecular formula is C9H10O4. The Balaban J connectivity index is 2.79. The highest BCUT2D eigenvalue weighted by atomic mass is 16.5. The normalized spacial score (nSPS) is 9.92. The predicted octanol–water partition coefficient (Wildman–Crippen LogP) is 1.52. The summed E-state index contributed by atoms with van der Waals surface area (Å²) < 4.78 is 9.95. The van der Waals surface area contributed by atoms with Crippen LogP contribution in [0.15, 0.2) is 23.1 Å². The van der Waals surface area contributed by atoms with Crippen LogP contribution >= 0.6 is 0 Å². The van der Waals surface area contributed by atoms with Gasteiger partial charge in [0.05, 0.1) is 5.57 Å². The molecule has 0 fully saturated rings. The number of aliphatic carboxylic acids is 1. The third-order valence-corrected chi connectivity index (χ3v) is 1.50. The summed E-state index contributed by atoms with van der Waals surface area (Å²) in [6.45, 7) is 3.69. The average Bonchev–Trinajstić information content (AvgIpc) is 2.52. The molecule has 0 amide bonds. The van der Waals surface area contributed by atoms with E-state index in [1.165, 1.54) is 7.11 Å². The molecule has 1 N–H and O–H groups in total. The van der Waals surface area contributed by atoms with E-state index in [0.29, 0.717) is 12.4 Å². The van der Waals surface area contributed by atoms with E-state index in [1.807, 2.05) is 0 Å². The van der Waals surface area contributed by atoms with Gasteiger partial charge in [0.15, 0.2) is 0 Å². The van der Waals surface area contributed by atoms with Gasteiger partial charge in [0.1, 0.15) is 18.1 Å². The number of hydrogen-bond acceptors (Lipinski definition) is 3. The molecule has 1 aromatic rings. The van der Waals surface area contributed by atoms with Crippen LogP contribution in [0.2, 0.25) is 0 Å². The molecule has 0 aliphatic heterocycles. The number of rotatable bonds is 4. The zero-order valence-corrected chi connectivity index (χ0v) is 7.24. The van der Waals surface area contributed by atoms with Crippen LogP contribution in [0.5, 0.6) is 0 Å². The second kappa shape index (κ2) is 3.91. The minimum atomic E-state index is -1.08. The molecule has 0 aliphatic rings. The van der Waals surface area contributed by atoms with Gasteiger partial charge in [-0.1, -0.05) is 6.58 Å². The van der Waals surface area contributed by atoms with Crippen molar-refractivity contribution in [3.8, 4) is 0 Å². The molecule has 0 bridgehead atoms. The minimum absolute atomic E-state index is 0.0534. The van der Waals surface area contributed by atoms with Gasteiger partial charge in [0.25, 0.3) is 0 Å². The number of carboxylic acids is 1. The van der Waals surface area contributed by atoms with Gasteiger partial charge >= 0.3 is 5.97 Å². The van der Waals surface area contributed by atoms with Crippen molar-refractivity contribution in [3.05, 3.63) is 30.2 Å². The average molecular weight is 182 g/mol. The molecule has 0 radical (unpaired) electrons. The van der Waals surface area contributed by atoms with Crippen LogP contribution < -0.4 is 0 Å². The van der Waals surface area contributed by atoms with Crippen molar-refractivity contribution in [1.29, 1.82) is 0 Å². The Kier molecular flexibility index (Phi) is 2.87. The summed E-state index contributed by atoms with van der Waals surface area (Å²) >= 11 is 0. The number of hydrogen-bond donors (Lipinski definition) is 1. The smallest absolute Gasteiger partial charge is 0.338 e. The van der Waals surface area contributed by atoms with Crippen molar-refractivity contribution in [3.63, 3.8) is 0 Å². The van der Waals surface area contributed by atoms with Crippen LogP contribution in [0.1, 0.15) is 11.5 Å². The Labute approximate surface area is 75.4 Å². The summed E-state index contributed by atoms with van der Waals surface area (Å²) in [5.41, 5.74) is -0.0534. The molecule has 0 spiro atoms. The maximum atomic E-state index is 10.5. The molecule has 0 aromatic carbocycles. The highest BCUT2D eigenvalue weighted by Crippen LogP contribution is 2.16. The van der Waals surface area contributed by atoms with E-state index in [9.17, 15) is 4.79 Å². The lowest BCUT2D eigenvalue weighted by atomic mass is 10.2. The molecule has 70 valence electrons. The molecule has 4 nitrogen and oxygen atoms in total. The fourth-order valence-corrected chi connectivity index (χ4v) is 0.865. The monoisotopic (exact) mass is 182 g/mol. The van der Waals surface area contributed by atoms with E-state index < -0.39 is 5.97 Å². The first-order valence-electron chi connectivity index (χ1n) is 3.65. The molecular weight excluding hydrogens is 172 g/mol. The summed E-state index contributed by atoms with van der Waals surface area (Å²) in [6.07, 6.45) is 0. The highest BCUT2D eigenvalue weighted by molar-refractivity contribution is 6.13. The SMILES string of the molecule is C=C(C(=O)O)c1ccc(COC)o1. The maximum Gasteiger partial charge on any atom is 0.338 e. The first-order valence-corrected chi connectivity index (χ1v) is 3.65. The van der Waals surface area contributed by atoms with E-state index in [4.69, 9.17) is 14.3 Å². The third kappa shape index (κ3) is 2.19. The number of carbonyl (C=O) groups is 1. The number of ether oxygens (including phenoxy) is 1. The quantitative estimate of drug-likeness (QED) is 0.717. The topological polar surface area (TPSA) is 59.7 Å². The van der Waals surface area contributed by atoms with Gasteiger partial charge in [-0.25, -0.2) is 4.79 Å². The fourth-order valence-electron chi connectivity index (χ4n) is 0.865. The van der Waals surface area contributed by atoms with Crippen LogP contribution in [0.4, 0.5) is 0 Å². The Hall–Kier alpha value is -1.55.